The van der Waals surface area contributed by atoms with Crippen LogP contribution in [0.4, 0.5) is 11.4 Å². The van der Waals surface area contributed by atoms with Crippen molar-refractivity contribution >= 4 is 39.1 Å². The maximum atomic E-state index is 11.9. The molecule has 20 heavy (non-hydrogen) atoms. The molecule has 0 radical (unpaired) electrons. The molecule has 0 atom stereocenters. The third-order valence-corrected chi connectivity index (χ3v) is 3.02. The zero-order valence-corrected chi connectivity index (χ0v) is 12.6. The second kappa shape index (κ2) is 5.92. The van der Waals surface area contributed by atoms with Gasteiger partial charge in [0, 0.05) is 18.3 Å². The number of anilines is 2. The average Bonchev–Trinajstić information content (AvgIpc) is 2.79. The summed E-state index contributed by atoms with van der Waals surface area (Å²) in [6.45, 7) is 3.30. The van der Waals surface area contributed by atoms with Crippen LogP contribution in [0, 0.1) is 6.92 Å². The normalized spacial score (nSPS) is 10.2. The predicted octanol–water partition coefficient (Wildman–Crippen LogP) is 3.56. The molecule has 2 amide bonds. The number of benzene rings is 1. The van der Waals surface area contributed by atoms with Crippen molar-refractivity contribution in [2.24, 2.45) is 0 Å². The summed E-state index contributed by atoms with van der Waals surface area (Å²) in [7, 11) is 0. The van der Waals surface area contributed by atoms with Crippen LogP contribution in [-0.2, 0) is 4.79 Å². The minimum absolute atomic E-state index is 0.134. The van der Waals surface area contributed by atoms with Gasteiger partial charge in [-0.25, -0.2) is 0 Å². The van der Waals surface area contributed by atoms with Gasteiger partial charge in [0.1, 0.15) is 0 Å². The van der Waals surface area contributed by atoms with Gasteiger partial charge < -0.3 is 15.1 Å². The minimum Gasteiger partial charge on any atom is -0.444 e. The van der Waals surface area contributed by atoms with E-state index in [4.69, 9.17) is 4.42 Å². The minimum atomic E-state index is -0.331. The van der Waals surface area contributed by atoms with E-state index in [1.807, 2.05) is 6.92 Å². The van der Waals surface area contributed by atoms with Crippen LogP contribution in [0.5, 0.6) is 0 Å². The largest absolute Gasteiger partial charge is 0.444 e. The number of furan rings is 1. The molecule has 0 saturated heterocycles. The lowest BCUT2D eigenvalue weighted by atomic mass is 10.1. The van der Waals surface area contributed by atoms with Gasteiger partial charge >= 0.3 is 0 Å². The summed E-state index contributed by atoms with van der Waals surface area (Å²) in [5, 5.41) is 5.44. The highest BCUT2D eigenvalue weighted by Crippen LogP contribution is 2.21. The lowest BCUT2D eigenvalue weighted by Gasteiger charge is -2.09. The standard InChI is InChI=1S/C14H13BrN2O3/c1-8-7-10(3-4-11(8)16-9(2)18)17-14(19)12-5-6-13(15)20-12/h3-7H,1-2H3,(H,16,18)(H,17,19). The third kappa shape index (κ3) is 3.48. The number of hydrogen-bond acceptors (Lipinski definition) is 3. The molecule has 0 unspecified atom stereocenters. The van der Waals surface area contributed by atoms with Crippen LogP contribution in [-0.4, -0.2) is 11.8 Å². The number of nitrogens with one attached hydrogen (secondary N) is 2. The molecule has 2 rings (SSSR count). The molecule has 1 heterocycles. The van der Waals surface area contributed by atoms with E-state index in [2.05, 4.69) is 26.6 Å². The summed E-state index contributed by atoms with van der Waals surface area (Å²) in [5.41, 5.74) is 2.21. The Morgan fingerprint density at radius 3 is 2.45 bits per heavy atom. The molecule has 1 aromatic heterocycles. The molecule has 2 N–H and O–H groups in total. The molecule has 6 heteroatoms. The first-order valence-corrected chi connectivity index (χ1v) is 6.70. The van der Waals surface area contributed by atoms with Crippen molar-refractivity contribution in [2.45, 2.75) is 13.8 Å². The van der Waals surface area contributed by atoms with Crippen molar-refractivity contribution in [1.82, 2.24) is 0 Å². The molecule has 5 nitrogen and oxygen atoms in total. The molecule has 0 aliphatic carbocycles. The quantitative estimate of drug-likeness (QED) is 0.900. The van der Waals surface area contributed by atoms with Gasteiger partial charge in [0.25, 0.3) is 5.91 Å². The van der Waals surface area contributed by atoms with Gasteiger partial charge in [0.2, 0.25) is 5.91 Å². The first-order valence-electron chi connectivity index (χ1n) is 5.90. The summed E-state index contributed by atoms with van der Waals surface area (Å²) < 4.78 is 5.67. The van der Waals surface area contributed by atoms with Gasteiger partial charge in [0.15, 0.2) is 10.4 Å². The Balaban J connectivity index is 2.12. The number of carbonyl (C=O) groups is 2. The molecule has 0 aliphatic heterocycles. The van der Waals surface area contributed by atoms with E-state index in [0.29, 0.717) is 10.4 Å². The van der Waals surface area contributed by atoms with Crippen LogP contribution in [0.25, 0.3) is 0 Å². The van der Waals surface area contributed by atoms with Gasteiger partial charge in [-0.1, -0.05) is 0 Å². The molecule has 0 spiro atoms. The van der Waals surface area contributed by atoms with Crippen LogP contribution >= 0.6 is 15.9 Å². The van der Waals surface area contributed by atoms with Gasteiger partial charge in [-0.2, -0.15) is 0 Å². The molecule has 104 valence electrons. The summed E-state index contributed by atoms with van der Waals surface area (Å²) in [5.74, 6) is -0.242. The topological polar surface area (TPSA) is 71.3 Å². The first kappa shape index (κ1) is 14.3. The molecule has 0 aliphatic rings. The van der Waals surface area contributed by atoms with Crippen molar-refractivity contribution in [3.8, 4) is 0 Å². The smallest absolute Gasteiger partial charge is 0.291 e. The lowest BCUT2D eigenvalue weighted by molar-refractivity contribution is -0.114. The first-order chi connectivity index (χ1) is 9.45. The second-order valence-corrected chi connectivity index (χ2v) is 5.05. The van der Waals surface area contributed by atoms with E-state index >= 15 is 0 Å². The molecule has 0 fully saturated rings. The van der Waals surface area contributed by atoms with E-state index in [9.17, 15) is 9.59 Å². The van der Waals surface area contributed by atoms with Gasteiger partial charge in [-0.15, -0.1) is 0 Å². The molecular formula is C14H13BrN2O3. The number of aryl methyl sites for hydroxylation is 1. The third-order valence-electron chi connectivity index (χ3n) is 2.59. The van der Waals surface area contributed by atoms with E-state index in [1.165, 1.54) is 6.92 Å². The lowest BCUT2D eigenvalue weighted by Crippen LogP contribution is -2.12. The zero-order valence-electron chi connectivity index (χ0n) is 11.0. The Kier molecular flexibility index (Phi) is 4.24. The van der Waals surface area contributed by atoms with Crippen molar-refractivity contribution in [3.63, 3.8) is 0 Å². The molecule has 1 aromatic carbocycles. The monoisotopic (exact) mass is 336 g/mol. The number of hydrogen-bond donors (Lipinski definition) is 2. The zero-order chi connectivity index (χ0) is 14.7. The Labute approximate surface area is 124 Å². The fourth-order valence-corrected chi connectivity index (χ4v) is 2.01. The maximum Gasteiger partial charge on any atom is 0.291 e. The average molecular weight is 337 g/mol. The fraction of sp³-hybridized carbons (Fsp3) is 0.143. The van der Waals surface area contributed by atoms with Crippen molar-refractivity contribution < 1.29 is 14.0 Å². The molecule has 0 saturated carbocycles. The van der Waals surface area contributed by atoms with Crippen molar-refractivity contribution in [2.75, 3.05) is 10.6 Å². The summed E-state index contributed by atoms with van der Waals surface area (Å²) >= 11 is 3.14. The highest BCUT2D eigenvalue weighted by Gasteiger charge is 2.11. The summed E-state index contributed by atoms with van der Waals surface area (Å²) in [4.78, 5) is 22.9. The second-order valence-electron chi connectivity index (χ2n) is 4.27. The van der Waals surface area contributed by atoms with Gasteiger partial charge in [-0.3, -0.25) is 9.59 Å². The van der Waals surface area contributed by atoms with Crippen LogP contribution in [0.3, 0.4) is 0 Å². The van der Waals surface area contributed by atoms with Crippen LogP contribution < -0.4 is 10.6 Å². The van der Waals surface area contributed by atoms with E-state index < -0.39 is 0 Å². The van der Waals surface area contributed by atoms with Gasteiger partial charge in [0.05, 0.1) is 0 Å². The number of halogens is 1. The van der Waals surface area contributed by atoms with E-state index in [-0.39, 0.29) is 17.6 Å². The van der Waals surface area contributed by atoms with E-state index in [0.717, 1.165) is 11.3 Å². The van der Waals surface area contributed by atoms with Crippen molar-refractivity contribution in [3.05, 3.63) is 46.3 Å². The summed E-state index contributed by atoms with van der Waals surface area (Å²) in [6, 6.07) is 8.47. The predicted molar refractivity (Wildman–Crippen MR) is 79.8 cm³/mol. The van der Waals surface area contributed by atoms with Gasteiger partial charge in [-0.05, 0) is 58.7 Å². The van der Waals surface area contributed by atoms with E-state index in [1.54, 1.807) is 30.3 Å². The Morgan fingerprint density at radius 1 is 1.15 bits per heavy atom. The maximum absolute atomic E-state index is 11.9. The molecule has 0 bridgehead atoms. The highest BCUT2D eigenvalue weighted by molar-refractivity contribution is 9.10. The number of carbonyl (C=O) groups excluding carboxylic acids is 2. The molecular weight excluding hydrogens is 324 g/mol. The Hall–Kier alpha value is -2.08. The number of amides is 2. The highest BCUT2D eigenvalue weighted by atomic mass is 79.9. The Morgan fingerprint density at radius 2 is 1.90 bits per heavy atom. The van der Waals surface area contributed by atoms with Crippen LogP contribution in [0.2, 0.25) is 0 Å². The van der Waals surface area contributed by atoms with Crippen LogP contribution in [0.15, 0.2) is 39.4 Å². The fourth-order valence-electron chi connectivity index (χ4n) is 1.70. The Bertz CT molecular complexity index is 664. The molecule has 2 aromatic rings. The van der Waals surface area contributed by atoms with Crippen molar-refractivity contribution in [1.29, 1.82) is 0 Å². The SMILES string of the molecule is CC(=O)Nc1ccc(NC(=O)c2ccc(Br)o2)cc1C. The summed E-state index contributed by atoms with van der Waals surface area (Å²) in [6.07, 6.45) is 0. The number of rotatable bonds is 3. The van der Waals surface area contributed by atoms with Crippen LogP contribution in [0.1, 0.15) is 23.0 Å².